The Morgan fingerprint density at radius 1 is 1.16 bits per heavy atom. The first kappa shape index (κ1) is 20.1. The lowest BCUT2D eigenvalue weighted by Crippen LogP contribution is -2.40. The summed E-state index contributed by atoms with van der Waals surface area (Å²) in [6.45, 7) is 12.7. The van der Waals surface area contributed by atoms with Gasteiger partial charge in [-0.1, -0.05) is 38.1 Å². The predicted octanol–water partition coefficient (Wildman–Crippen LogP) is 3.88. The molecular formula is C20H31IN4. The molecule has 3 rings (SSSR count). The van der Waals surface area contributed by atoms with E-state index in [1.54, 1.807) is 0 Å². The number of hydrogen-bond donors (Lipinski definition) is 1. The highest BCUT2D eigenvalue weighted by atomic mass is 127. The molecule has 1 fully saturated rings. The smallest absolute Gasteiger partial charge is 0.194 e. The third-order valence-electron chi connectivity index (χ3n) is 4.84. The molecule has 25 heavy (non-hydrogen) atoms. The summed E-state index contributed by atoms with van der Waals surface area (Å²) in [5.41, 5.74) is 2.95. The Kier molecular flexibility index (Phi) is 7.16. The van der Waals surface area contributed by atoms with Gasteiger partial charge in [0.1, 0.15) is 0 Å². The van der Waals surface area contributed by atoms with E-state index < -0.39 is 0 Å². The van der Waals surface area contributed by atoms with Crippen molar-refractivity contribution in [1.82, 2.24) is 10.2 Å². The van der Waals surface area contributed by atoms with Crippen LogP contribution in [0, 0.1) is 5.41 Å². The molecule has 0 radical (unpaired) electrons. The van der Waals surface area contributed by atoms with E-state index in [1.165, 1.54) is 17.7 Å². The molecule has 0 amide bonds. The molecule has 0 saturated carbocycles. The zero-order valence-electron chi connectivity index (χ0n) is 15.7. The lowest BCUT2D eigenvalue weighted by Gasteiger charge is -2.23. The molecule has 0 aliphatic carbocycles. The average molecular weight is 454 g/mol. The van der Waals surface area contributed by atoms with Gasteiger partial charge in [0.15, 0.2) is 5.96 Å². The maximum absolute atomic E-state index is 4.86. The largest absolute Gasteiger partial charge is 0.364 e. The monoisotopic (exact) mass is 454 g/mol. The number of aliphatic imine (C=N–C) groups is 1. The second kappa shape index (κ2) is 8.92. The Bertz CT molecular complexity index is 599. The zero-order valence-corrected chi connectivity index (χ0v) is 18.0. The van der Waals surface area contributed by atoms with Crippen molar-refractivity contribution in [2.75, 3.05) is 37.6 Å². The van der Waals surface area contributed by atoms with Crippen LogP contribution in [0.5, 0.6) is 0 Å². The van der Waals surface area contributed by atoms with Crippen LogP contribution in [0.4, 0.5) is 5.69 Å². The normalized spacial score (nSPS) is 19.2. The molecule has 138 valence electrons. The summed E-state index contributed by atoms with van der Waals surface area (Å²) in [6.07, 6.45) is 5.67. The minimum Gasteiger partial charge on any atom is -0.364 e. The first-order valence-electron chi connectivity index (χ1n) is 9.09. The van der Waals surface area contributed by atoms with E-state index in [1.807, 2.05) is 0 Å². The fourth-order valence-corrected chi connectivity index (χ4v) is 3.39. The maximum Gasteiger partial charge on any atom is 0.194 e. The molecule has 2 heterocycles. The van der Waals surface area contributed by atoms with Gasteiger partial charge in [-0.25, -0.2) is 4.99 Å². The average Bonchev–Trinajstić information content (AvgIpc) is 3.21. The molecule has 2 aliphatic rings. The molecular weight excluding hydrogens is 423 g/mol. The molecule has 2 aliphatic heterocycles. The Balaban J connectivity index is 0.00000225. The summed E-state index contributed by atoms with van der Waals surface area (Å²) < 4.78 is 0. The number of rotatable bonds is 4. The molecule has 0 aromatic heterocycles. The highest BCUT2D eigenvalue weighted by Crippen LogP contribution is 2.28. The highest BCUT2D eigenvalue weighted by Gasteiger charge is 2.30. The first-order valence-corrected chi connectivity index (χ1v) is 9.09. The minimum absolute atomic E-state index is 0. The van der Waals surface area contributed by atoms with Gasteiger partial charge < -0.3 is 15.1 Å². The van der Waals surface area contributed by atoms with Crippen LogP contribution in [0.15, 0.2) is 41.4 Å². The van der Waals surface area contributed by atoms with E-state index in [0.29, 0.717) is 5.41 Å². The van der Waals surface area contributed by atoms with Crippen molar-refractivity contribution in [2.24, 2.45) is 10.4 Å². The Hall–Kier alpha value is -1.24. The molecule has 1 N–H and O–H groups in total. The number of nitrogens with zero attached hydrogens (tertiary/aromatic N) is 3. The second-order valence-corrected chi connectivity index (χ2v) is 7.55. The summed E-state index contributed by atoms with van der Waals surface area (Å²) in [6, 6.07) is 8.83. The van der Waals surface area contributed by atoms with Crippen LogP contribution >= 0.6 is 24.0 Å². The van der Waals surface area contributed by atoms with Crippen molar-refractivity contribution in [3.05, 3.63) is 42.0 Å². The summed E-state index contributed by atoms with van der Waals surface area (Å²) >= 11 is 0. The Morgan fingerprint density at radius 3 is 2.40 bits per heavy atom. The van der Waals surface area contributed by atoms with Gasteiger partial charge in [-0.15, -0.1) is 24.0 Å². The lowest BCUT2D eigenvalue weighted by atomic mass is 9.93. The maximum atomic E-state index is 4.86. The van der Waals surface area contributed by atoms with E-state index in [0.717, 1.165) is 45.2 Å². The summed E-state index contributed by atoms with van der Waals surface area (Å²) in [4.78, 5) is 9.63. The van der Waals surface area contributed by atoms with E-state index in [2.05, 4.69) is 72.3 Å². The molecule has 5 heteroatoms. The van der Waals surface area contributed by atoms with Crippen molar-refractivity contribution < 1.29 is 0 Å². The summed E-state index contributed by atoms with van der Waals surface area (Å²) in [5, 5.41) is 3.45. The van der Waals surface area contributed by atoms with Crippen LogP contribution in [-0.2, 0) is 6.54 Å². The quantitative estimate of drug-likeness (QED) is 0.324. The van der Waals surface area contributed by atoms with Gasteiger partial charge in [0.2, 0.25) is 0 Å². The summed E-state index contributed by atoms with van der Waals surface area (Å²) in [5.74, 6) is 1.05. The molecule has 0 unspecified atom stereocenters. The number of benzene rings is 1. The van der Waals surface area contributed by atoms with Gasteiger partial charge in [-0.2, -0.15) is 0 Å². The van der Waals surface area contributed by atoms with E-state index in [4.69, 9.17) is 4.99 Å². The topological polar surface area (TPSA) is 30.9 Å². The van der Waals surface area contributed by atoms with Crippen LogP contribution in [0.3, 0.4) is 0 Å². The highest BCUT2D eigenvalue weighted by molar-refractivity contribution is 14.0. The zero-order chi connectivity index (χ0) is 17.0. The Morgan fingerprint density at radius 2 is 1.84 bits per heavy atom. The number of guanidine groups is 1. The van der Waals surface area contributed by atoms with Crippen molar-refractivity contribution in [1.29, 1.82) is 0 Å². The third kappa shape index (κ3) is 5.36. The van der Waals surface area contributed by atoms with Crippen LogP contribution < -0.4 is 10.2 Å². The number of anilines is 1. The van der Waals surface area contributed by atoms with Crippen molar-refractivity contribution in [3.63, 3.8) is 0 Å². The predicted molar refractivity (Wildman–Crippen MR) is 118 cm³/mol. The molecule has 1 aromatic carbocycles. The van der Waals surface area contributed by atoms with E-state index >= 15 is 0 Å². The molecule has 0 spiro atoms. The number of nitrogens with one attached hydrogen (secondary N) is 1. The van der Waals surface area contributed by atoms with Gasteiger partial charge >= 0.3 is 0 Å². The van der Waals surface area contributed by atoms with Gasteiger partial charge in [-0.3, -0.25) is 0 Å². The second-order valence-electron chi connectivity index (χ2n) is 7.55. The van der Waals surface area contributed by atoms with Gasteiger partial charge in [0, 0.05) is 38.4 Å². The standard InChI is InChI=1S/C20H30N4.HI/c1-4-21-19(24-14-11-20(2,3)16-24)22-15-17-7-9-18(10-8-17)23-12-5-6-13-23;/h5-10H,4,11-16H2,1-3H3,(H,21,22);1H. The van der Waals surface area contributed by atoms with Crippen molar-refractivity contribution >= 4 is 35.6 Å². The van der Waals surface area contributed by atoms with E-state index in [-0.39, 0.29) is 24.0 Å². The van der Waals surface area contributed by atoms with Crippen molar-refractivity contribution in [3.8, 4) is 0 Å². The number of halogens is 1. The van der Waals surface area contributed by atoms with E-state index in [9.17, 15) is 0 Å². The molecule has 1 saturated heterocycles. The SMILES string of the molecule is CCNC(=NCc1ccc(N2CC=CC2)cc1)N1CCC(C)(C)C1.I. The molecule has 1 aromatic rings. The fourth-order valence-electron chi connectivity index (χ4n) is 3.39. The lowest BCUT2D eigenvalue weighted by molar-refractivity contribution is 0.370. The van der Waals surface area contributed by atoms with Crippen LogP contribution in [0.1, 0.15) is 32.8 Å². The number of hydrogen-bond acceptors (Lipinski definition) is 2. The fraction of sp³-hybridized carbons (Fsp3) is 0.550. The number of likely N-dealkylation sites (tertiary alicyclic amines) is 1. The molecule has 0 bridgehead atoms. The minimum atomic E-state index is 0. The Labute approximate surface area is 169 Å². The first-order chi connectivity index (χ1) is 11.6. The van der Waals surface area contributed by atoms with Crippen LogP contribution in [0.2, 0.25) is 0 Å². The van der Waals surface area contributed by atoms with Gasteiger partial charge in [0.05, 0.1) is 6.54 Å². The molecule has 4 nitrogen and oxygen atoms in total. The van der Waals surface area contributed by atoms with Crippen LogP contribution in [0.25, 0.3) is 0 Å². The molecule has 0 atom stereocenters. The van der Waals surface area contributed by atoms with Crippen molar-refractivity contribution in [2.45, 2.75) is 33.7 Å². The van der Waals surface area contributed by atoms with Gasteiger partial charge in [0.25, 0.3) is 0 Å². The van der Waals surface area contributed by atoms with Crippen LogP contribution in [-0.4, -0.2) is 43.6 Å². The summed E-state index contributed by atoms with van der Waals surface area (Å²) in [7, 11) is 0. The third-order valence-corrected chi connectivity index (χ3v) is 4.84. The van der Waals surface area contributed by atoms with Gasteiger partial charge in [-0.05, 0) is 36.5 Å².